The van der Waals surface area contributed by atoms with Gasteiger partial charge in [-0.25, -0.2) is 0 Å². The monoisotopic (exact) mass is 474 g/mol. The number of likely N-dealkylation sites (tertiary alicyclic amines) is 1. The molecule has 5 rings (SSSR count). The molecule has 1 saturated heterocycles. The van der Waals surface area contributed by atoms with Crippen LogP contribution in [0.25, 0.3) is 5.69 Å². The first-order chi connectivity index (χ1) is 17.0. The van der Waals surface area contributed by atoms with E-state index in [1.165, 1.54) is 0 Å². The quantitative estimate of drug-likeness (QED) is 0.505. The van der Waals surface area contributed by atoms with Crippen LogP contribution in [0.4, 0.5) is 0 Å². The average molecular weight is 475 g/mol. The zero-order valence-electron chi connectivity index (χ0n) is 20.4. The molecule has 1 fully saturated rings. The van der Waals surface area contributed by atoms with Crippen molar-refractivity contribution >= 4 is 11.7 Å². The Morgan fingerprint density at radius 1 is 0.943 bits per heavy atom. The van der Waals surface area contributed by atoms with Crippen LogP contribution in [0.2, 0.25) is 0 Å². The van der Waals surface area contributed by atoms with Crippen molar-refractivity contribution in [2.45, 2.75) is 26.7 Å². The Balaban J connectivity index is 1.28. The number of fused-ring (bicyclic) bond motifs is 1. The number of hydrogen-bond acceptors (Lipinski definition) is 5. The first-order valence-electron chi connectivity index (χ1n) is 12.0. The summed E-state index contributed by atoms with van der Waals surface area (Å²) in [6, 6.07) is 15.2. The van der Waals surface area contributed by atoms with Crippen LogP contribution in [-0.4, -0.2) is 54.6 Å². The van der Waals surface area contributed by atoms with Crippen LogP contribution >= 0.6 is 0 Å². The summed E-state index contributed by atoms with van der Waals surface area (Å²) in [6.07, 6.45) is 1.29. The Bertz CT molecular complexity index is 1270. The van der Waals surface area contributed by atoms with E-state index >= 15 is 0 Å². The number of benzene rings is 2. The lowest BCUT2D eigenvalue weighted by molar-refractivity contribution is 0.0649. The van der Waals surface area contributed by atoms with Gasteiger partial charge in [0, 0.05) is 47.7 Å². The van der Waals surface area contributed by atoms with Crippen molar-refractivity contribution in [2.75, 3.05) is 33.4 Å². The maximum Gasteiger partial charge on any atom is 0.255 e. The summed E-state index contributed by atoms with van der Waals surface area (Å²) in [5, 5.41) is 0. The van der Waals surface area contributed by atoms with Gasteiger partial charge in [-0.05, 0) is 63.1 Å². The number of aryl methyl sites for hydroxylation is 1. The van der Waals surface area contributed by atoms with E-state index in [1.807, 2.05) is 49.1 Å². The van der Waals surface area contributed by atoms with Crippen LogP contribution in [0.1, 0.15) is 44.9 Å². The van der Waals surface area contributed by atoms with Crippen LogP contribution in [0.15, 0.2) is 48.5 Å². The summed E-state index contributed by atoms with van der Waals surface area (Å²) in [4.78, 5) is 28.4. The highest BCUT2D eigenvalue weighted by Gasteiger charge is 2.30. The molecule has 2 aromatic carbocycles. The van der Waals surface area contributed by atoms with Gasteiger partial charge in [0.2, 0.25) is 0 Å². The highest BCUT2D eigenvalue weighted by atomic mass is 16.6. The third-order valence-corrected chi connectivity index (χ3v) is 6.95. The van der Waals surface area contributed by atoms with Crippen molar-refractivity contribution in [3.05, 3.63) is 71.0 Å². The summed E-state index contributed by atoms with van der Waals surface area (Å²) in [6.45, 7) is 6.10. The molecule has 182 valence electrons. The minimum atomic E-state index is -0.106. The number of piperidine rings is 1. The lowest BCUT2D eigenvalue weighted by Crippen LogP contribution is -2.40. The van der Waals surface area contributed by atoms with Gasteiger partial charge in [0.05, 0.1) is 12.7 Å². The van der Waals surface area contributed by atoms with Crippen molar-refractivity contribution in [2.24, 2.45) is 5.92 Å². The SMILES string of the molecule is COc1cccc(-n2c(C)cc(C(=O)N3CCC(C(=O)c4ccc5c(c4)OCCO5)CC3)c2C)c1. The van der Waals surface area contributed by atoms with E-state index in [-0.39, 0.29) is 17.6 Å². The predicted octanol–water partition coefficient (Wildman–Crippen LogP) is 4.61. The van der Waals surface area contributed by atoms with Gasteiger partial charge < -0.3 is 23.7 Å². The highest BCUT2D eigenvalue weighted by molar-refractivity contribution is 5.99. The fraction of sp³-hybridized carbons (Fsp3) is 0.357. The number of aromatic nitrogens is 1. The first kappa shape index (κ1) is 23.0. The smallest absolute Gasteiger partial charge is 0.255 e. The molecule has 2 aliphatic rings. The molecule has 1 aromatic heterocycles. The number of ether oxygens (including phenoxy) is 3. The van der Waals surface area contributed by atoms with E-state index in [9.17, 15) is 9.59 Å². The molecule has 0 aliphatic carbocycles. The average Bonchev–Trinajstić information content (AvgIpc) is 3.21. The van der Waals surface area contributed by atoms with Crippen molar-refractivity contribution in [3.8, 4) is 22.9 Å². The molecule has 0 N–H and O–H groups in total. The number of hydrogen-bond donors (Lipinski definition) is 0. The maximum absolute atomic E-state index is 13.4. The van der Waals surface area contributed by atoms with Crippen LogP contribution < -0.4 is 14.2 Å². The van der Waals surface area contributed by atoms with Gasteiger partial charge >= 0.3 is 0 Å². The summed E-state index contributed by atoms with van der Waals surface area (Å²) in [5.74, 6) is 2.09. The largest absolute Gasteiger partial charge is 0.497 e. The molecule has 3 heterocycles. The van der Waals surface area contributed by atoms with E-state index in [2.05, 4.69) is 4.57 Å². The molecular weight excluding hydrogens is 444 g/mol. The van der Waals surface area contributed by atoms with E-state index in [0.717, 1.165) is 22.8 Å². The molecule has 3 aromatic rings. The van der Waals surface area contributed by atoms with Crippen LogP contribution in [-0.2, 0) is 0 Å². The van der Waals surface area contributed by atoms with E-state index in [4.69, 9.17) is 14.2 Å². The molecule has 35 heavy (non-hydrogen) atoms. The second-order valence-electron chi connectivity index (χ2n) is 9.11. The third kappa shape index (κ3) is 4.38. The summed E-state index contributed by atoms with van der Waals surface area (Å²) in [5.41, 5.74) is 4.18. The number of carbonyl (C=O) groups excluding carboxylic acids is 2. The molecule has 2 aliphatic heterocycles. The molecule has 7 heteroatoms. The van der Waals surface area contributed by atoms with Gasteiger partial charge in [-0.1, -0.05) is 6.07 Å². The summed E-state index contributed by atoms with van der Waals surface area (Å²) < 4.78 is 18.6. The minimum absolute atomic E-state index is 0.0116. The number of rotatable bonds is 5. The zero-order valence-corrected chi connectivity index (χ0v) is 20.4. The Morgan fingerprint density at radius 2 is 1.69 bits per heavy atom. The molecule has 0 spiro atoms. The van der Waals surface area contributed by atoms with Crippen molar-refractivity contribution < 1.29 is 23.8 Å². The Kier molecular flexibility index (Phi) is 6.24. The van der Waals surface area contributed by atoms with Gasteiger partial charge in [0.1, 0.15) is 19.0 Å². The predicted molar refractivity (Wildman–Crippen MR) is 132 cm³/mol. The van der Waals surface area contributed by atoms with Crippen molar-refractivity contribution in [1.29, 1.82) is 0 Å². The van der Waals surface area contributed by atoms with E-state index in [1.54, 1.807) is 25.3 Å². The number of methoxy groups -OCH3 is 1. The molecule has 0 saturated carbocycles. The van der Waals surface area contributed by atoms with Gasteiger partial charge in [0.25, 0.3) is 5.91 Å². The molecule has 0 unspecified atom stereocenters. The van der Waals surface area contributed by atoms with Crippen LogP contribution in [0, 0.1) is 19.8 Å². The number of Topliss-reactive ketones (excluding diaryl/α,β-unsaturated/α-hetero) is 1. The normalized spacial score (nSPS) is 15.7. The molecule has 0 radical (unpaired) electrons. The van der Waals surface area contributed by atoms with Gasteiger partial charge in [-0.2, -0.15) is 0 Å². The zero-order chi connectivity index (χ0) is 24.5. The molecule has 0 atom stereocenters. The Morgan fingerprint density at radius 3 is 2.43 bits per heavy atom. The summed E-state index contributed by atoms with van der Waals surface area (Å²) >= 11 is 0. The second kappa shape index (κ2) is 9.49. The summed E-state index contributed by atoms with van der Waals surface area (Å²) in [7, 11) is 1.64. The number of nitrogens with zero attached hydrogens (tertiary/aromatic N) is 2. The first-order valence-corrected chi connectivity index (χ1v) is 12.0. The van der Waals surface area contributed by atoms with Gasteiger partial charge in [-0.15, -0.1) is 0 Å². The third-order valence-electron chi connectivity index (χ3n) is 6.95. The standard InChI is InChI=1S/C28H30N2O5/c1-18-15-24(19(2)30(18)22-5-4-6-23(17-22)33-3)28(32)29-11-9-20(10-12-29)27(31)21-7-8-25-26(16-21)35-14-13-34-25/h4-8,15-17,20H,9-14H2,1-3H3. The number of amides is 1. The number of ketones is 1. The molecule has 1 amide bonds. The fourth-order valence-electron chi connectivity index (χ4n) is 5.07. The molecule has 0 bridgehead atoms. The lowest BCUT2D eigenvalue weighted by Gasteiger charge is -2.31. The van der Waals surface area contributed by atoms with Crippen LogP contribution in [0.3, 0.4) is 0 Å². The Hall–Kier alpha value is -3.74. The van der Waals surface area contributed by atoms with E-state index < -0.39 is 0 Å². The number of carbonyl (C=O) groups is 2. The molecule has 7 nitrogen and oxygen atoms in total. The topological polar surface area (TPSA) is 70.0 Å². The lowest BCUT2D eigenvalue weighted by atomic mass is 9.88. The van der Waals surface area contributed by atoms with Gasteiger partial charge in [0.15, 0.2) is 17.3 Å². The maximum atomic E-state index is 13.4. The minimum Gasteiger partial charge on any atom is -0.497 e. The van der Waals surface area contributed by atoms with Crippen LogP contribution in [0.5, 0.6) is 17.2 Å². The highest BCUT2D eigenvalue weighted by Crippen LogP contribution is 2.33. The molecular formula is C28H30N2O5. The fourth-order valence-corrected chi connectivity index (χ4v) is 5.07. The second-order valence-corrected chi connectivity index (χ2v) is 9.11. The Labute approximate surface area is 205 Å². The van der Waals surface area contributed by atoms with Crippen molar-refractivity contribution in [3.63, 3.8) is 0 Å². The van der Waals surface area contributed by atoms with E-state index in [0.29, 0.717) is 61.8 Å². The van der Waals surface area contributed by atoms with Gasteiger partial charge in [-0.3, -0.25) is 9.59 Å². The van der Waals surface area contributed by atoms with Crippen molar-refractivity contribution in [1.82, 2.24) is 9.47 Å².